The van der Waals surface area contributed by atoms with Crippen LogP contribution in [0.5, 0.6) is 0 Å². The zero-order chi connectivity index (χ0) is 11.2. The molecule has 2 rings (SSSR count). The number of halogens is 1. The standard InChI is InChI=1S/C13H15BrN2/c14-13-8-10-16(15-11-13)9-4-7-12-5-2-1-3-6-12/h1-3,5-6,8,11H,4,7,9-10H2. The lowest BCUT2D eigenvalue weighted by atomic mass is 10.1. The zero-order valence-corrected chi connectivity index (χ0v) is 10.7. The first kappa shape index (κ1) is 11.4. The summed E-state index contributed by atoms with van der Waals surface area (Å²) in [6.45, 7) is 1.92. The molecule has 0 N–H and O–H groups in total. The third-order valence-corrected chi connectivity index (χ3v) is 3.09. The highest BCUT2D eigenvalue weighted by Crippen LogP contribution is 2.09. The molecular weight excluding hydrogens is 264 g/mol. The van der Waals surface area contributed by atoms with Crippen LogP contribution in [-0.4, -0.2) is 24.3 Å². The van der Waals surface area contributed by atoms with Crippen molar-refractivity contribution in [3.05, 3.63) is 46.5 Å². The van der Waals surface area contributed by atoms with E-state index in [0.29, 0.717) is 0 Å². The second-order valence-corrected chi connectivity index (χ2v) is 4.75. The van der Waals surface area contributed by atoms with Crippen molar-refractivity contribution in [3.8, 4) is 0 Å². The van der Waals surface area contributed by atoms with Gasteiger partial charge in [-0.15, -0.1) is 0 Å². The first-order chi connectivity index (χ1) is 7.84. The second kappa shape index (κ2) is 5.85. The van der Waals surface area contributed by atoms with Crippen LogP contribution in [0.2, 0.25) is 0 Å². The van der Waals surface area contributed by atoms with Gasteiger partial charge in [-0.25, -0.2) is 0 Å². The van der Waals surface area contributed by atoms with Gasteiger partial charge in [0.05, 0.1) is 12.8 Å². The molecule has 0 saturated carbocycles. The lowest BCUT2D eigenvalue weighted by Gasteiger charge is -2.19. The Morgan fingerprint density at radius 2 is 2.06 bits per heavy atom. The van der Waals surface area contributed by atoms with Crippen molar-refractivity contribution in [3.63, 3.8) is 0 Å². The van der Waals surface area contributed by atoms with Crippen molar-refractivity contribution in [2.24, 2.45) is 5.10 Å². The van der Waals surface area contributed by atoms with E-state index >= 15 is 0 Å². The molecule has 16 heavy (non-hydrogen) atoms. The summed E-state index contributed by atoms with van der Waals surface area (Å²) in [7, 11) is 0. The minimum atomic E-state index is 0.909. The fourth-order valence-electron chi connectivity index (χ4n) is 1.69. The van der Waals surface area contributed by atoms with E-state index in [1.54, 1.807) is 0 Å². The molecule has 1 heterocycles. The zero-order valence-electron chi connectivity index (χ0n) is 9.14. The van der Waals surface area contributed by atoms with Gasteiger partial charge in [-0.2, -0.15) is 5.10 Å². The van der Waals surface area contributed by atoms with Gasteiger partial charge in [0, 0.05) is 11.0 Å². The van der Waals surface area contributed by atoms with Crippen molar-refractivity contribution in [1.82, 2.24) is 5.01 Å². The Balaban J connectivity index is 1.72. The van der Waals surface area contributed by atoms with E-state index < -0.39 is 0 Å². The van der Waals surface area contributed by atoms with E-state index in [0.717, 1.165) is 30.4 Å². The summed E-state index contributed by atoms with van der Waals surface area (Å²) >= 11 is 3.41. The van der Waals surface area contributed by atoms with Gasteiger partial charge in [0.25, 0.3) is 0 Å². The Morgan fingerprint density at radius 3 is 2.75 bits per heavy atom. The predicted octanol–water partition coefficient (Wildman–Crippen LogP) is 3.20. The maximum atomic E-state index is 4.33. The largest absolute Gasteiger partial charge is 0.293 e. The average molecular weight is 279 g/mol. The van der Waals surface area contributed by atoms with Crippen molar-refractivity contribution in [2.75, 3.05) is 13.1 Å². The smallest absolute Gasteiger partial charge is 0.0610 e. The molecule has 0 amide bonds. The Kier molecular flexibility index (Phi) is 4.17. The quantitative estimate of drug-likeness (QED) is 0.826. The number of nitrogens with zero attached hydrogens (tertiary/aromatic N) is 2. The summed E-state index contributed by atoms with van der Waals surface area (Å²) in [5.74, 6) is 0. The second-order valence-electron chi connectivity index (χ2n) is 3.84. The molecule has 0 spiro atoms. The van der Waals surface area contributed by atoms with Crippen LogP contribution in [0.25, 0.3) is 0 Å². The summed E-state index contributed by atoms with van der Waals surface area (Å²) in [4.78, 5) is 0. The van der Waals surface area contributed by atoms with Crippen LogP contribution in [0.15, 0.2) is 46.0 Å². The molecule has 0 aliphatic carbocycles. The van der Waals surface area contributed by atoms with Crippen LogP contribution >= 0.6 is 15.9 Å². The van der Waals surface area contributed by atoms with Gasteiger partial charge >= 0.3 is 0 Å². The molecule has 0 radical (unpaired) electrons. The van der Waals surface area contributed by atoms with Gasteiger partial charge in [-0.05, 0) is 40.4 Å². The normalized spacial score (nSPS) is 15.1. The Bertz CT molecular complexity index is 384. The van der Waals surface area contributed by atoms with Crippen LogP contribution < -0.4 is 0 Å². The number of allylic oxidation sites excluding steroid dienone is 1. The molecule has 0 saturated heterocycles. The molecule has 1 aliphatic heterocycles. The van der Waals surface area contributed by atoms with Crippen molar-refractivity contribution < 1.29 is 0 Å². The fourth-order valence-corrected chi connectivity index (χ4v) is 1.92. The van der Waals surface area contributed by atoms with Crippen molar-refractivity contribution >= 4 is 22.1 Å². The first-order valence-corrected chi connectivity index (χ1v) is 6.32. The van der Waals surface area contributed by atoms with Crippen molar-refractivity contribution in [2.45, 2.75) is 12.8 Å². The van der Waals surface area contributed by atoms with E-state index in [4.69, 9.17) is 0 Å². The lowest BCUT2D eigenvalue weighted by Crippen LogP contribution is -2.22. The summed E-state index contributed by atoms with van der Waals surface area (Å²) in [6, 6.07) is 10.6. The lowest BCUT2D eigenvalue weighted by molar-refractivity contribution is 0.314. The molecule has 0 unspecified atom stereocenters. The summed E-state index contributed by atoms with van der Waals surface area (Å²) in [5.41, 5.74) is 1.40. The van der Waals surface area contributed by atoms with E-state index in [1.807, 2.05) is 6.21 Å². The third-order valence-electron chi connectivity index (χ3n) is 2.57. The predicted molar refractivity (Wildman–Crippen MR) is 71.8 cm³/mol. The highest BCUT2D eigenvalue weighted by atomic mass is 79.9. The SMILES string of the molecule is BrC1=CCN(CCCc2ccccc2)N=C1. The van der Waals surface area contributed by atoms with Crippen LogP contribution in [-0.2, 0) is 6.42 Å². The van der Waals surface area contributed by atoms with Crippen LogP contribution in [0.3, 0.4) is 0 Å². The summed E-state index contributed by atoms with van der Waals surface area (Å²) in [5, 5.41) is 6.43. The van der Waals surface area contributed by atoms with Gasteiger partial charge in [0.2, 0.25) is 0 Å². The molecule has 0 bridgehead atoms. The number of hydrogen-bond donors (Lipinski definition) is 0. The Morgan fingerprint density at radius 1 is 1.25 bits per heavy atom. The number of hydrogen-bond acceptors (Lipinski definition) is 2. The highest BCUT2D eigenvalue weighted by Gasteiger charge is 2.03. The third kappa shape index (κ3) is 3.49. The Labute approximate surface area is 105 Å². The van der Waals surface area contributed by atoms with Gasteiger partial charge in [0.1, 0.15) is 0 Å². The van der Waals surface area contributed by atoms with Crippen LogP contribution in [0.1, 0.15) is 12.0 Å². The summed E-state index contributed by atoms with van der Waals surface area (Å²) < 4.78 is 1.08. The molecule has 3 heteroatoms. The van der Waals surface area contributed by atoms with E-state index in [2.05, 4.69) is 62.4 Å². The summed E-state index contributed by atoms with van der Waals surface area (Å²) in [6.07, 6.45) is 6.26. The van der Waals surface area contributed by atoms with E-state index in [9.17, 15) is 0 Å². The fraction of sp³-hybridized carbons (Fsp3) is 0.308. The minimum Gasteiger partial charge on any atom is -0.293 e. The first-order valence-electron chi connectivity index (χ1n) is 5.53. The van der Waals surface area contributed by atoms with E-state index in [1.165, 1.54) is 5.56 Å². The molecule has 1 aromatic carbocycles. The topological polar surface area (TPSA) is 15.6 Å². The van der Waals surface area contributed by atoms with Gasteiger partial charge in [0.15, 0.2) is 0 Å². The molecule has 84 valence electrons. The van der Waals surface area contributed by atoms with Crippen LogP contribution in [0, 0.1) is 0 Å². The monoisotopic (exact) mass is 278 g/mol. The van der Waals surface area contributed by atoms with Gasteiger partial charge in [-0.1, -0.05) is 30.3 Å². The van der Waals surface area contributed by atoms with Crippen LogP contribution in [0.4, 0.5) is 0 Å². The number of benzene rings is 1. The van der Waals surface area contributed by atoms with Gasteiger partial charge in [-0.3, -0.25) is 5.01 Å². The number of hydrazone groups is 1. The average Bonchev–Trinajstić information content (AvgIpc) is 2.33. The maximum Gasteiger partial charge on any atom is 0.0610 e. The minimum absolute atomic E-state index is 0.909. The number of rotatable bonds is 4. The van der Waals surface area contributed by atoms with E-state index in [-0.39, 0.29) is 0 Å². The maximum absolute atomic E-state index is 4.33. The molecule has 1 aliphatic rings. The molecule has 0 atom stereocenters. The van der Waals surface area contributed by atoms with Crippen molar-refractivity contribution in [1.29, 1.82) is 0 Å². The molecule has 2 nitrogen and oxygen atoms in total. The molecular formula is C13H15BrN2. The Hall–Kier alpha value is -1.09. The number of aryl methyl sites for hydroxylation is 1. The molecule has 1 aromatic rings. The highest BCUT2D eigenvalue weighted by molar-refractivity contribution is 9.12. The molecule has 0 aromatic heterocycles. The van der Waals surface area contributed by atoms with Gasteiger partial charge < -0.3 is 0 Å². The molecule has 0 fully saturated rings.